The van der Waals surface area contributed by atoms with E-state index in [0.717, 1.165) is 42.5 Å². The van der Waals surface area contributed by atoms with Gasteiger partial charge in [0.25, 0.3) is 0 Å². The molecule has 3 aromatic carbocycles. The monoisotopic (exact) mass is 636 g/mol. The van der Waals surface area contributed by atoms with Gasteiger partial charge in [-0.3, -0.25) is 9.59 Å². The number of nitriles is 1. The topological polar surface area (TPSA) is 119 Å². The van der Waals surface area contributed by atoms with Crippen LogP contribution < -0.4 is 10.6 Å². The Kier molecular flexibility index (Phi) is 9.68. The molecule has 1 aliphatic carbocycles. The van der Waals surface area contributed by atoms with Gasteiger partial charge < -0.3 is 10.6 Å². The van der Waals surface area contributed by atoms with E-state index in [9.17, 15) is 27.7 Å². The Balaban J connectivity index is 1.64. The lowest BCUT2D eigenvalue weighted by molar-refractivity contribution is -0.135. The minimum absolute atomic E-state index is 0.121. The fourth-order valence-electron chi connectivity index (χ4n) is 6.44. The summed E-state index contributed by atoms with van der Waals surface area (Å²) < 4.78 is 43.0. The average Bonchev–Trinajstić information content (AvgIpc) is 3.28. The summed E-state index contributed by atoms with van der Waals surface area (Å²) in [6.07, 6.45) is 4.52. The lowest BCUT2D eigenvalue weighted by Gasteiger charge is -2.42. The number of halogens is 2. The zero-order valence-corrected chi connectivity index (χ0v) is 25.7. The van der Waals surface area contributed by atoms with E-state index in [1.54, 1.807) is 48.5 Å². The quantitative estimate of drug-likeness (QED) is 0.320. The van der Waals surface area contributed by atoms with Crippen LogP contribution in [0.5, 0.6) is 0 Å². The van der Waals surface area contributed by atoms with Gasteiger partial charge in [0, 0.05) is 23.3 Å². The van der Waals surface area contributed by atoms with Crippen molar-refractivity contribution in [2.75, 3.05) is 17.6 Å². The Labute approximate surface area is 262 Å². The number of benzene rings is 3. The molecule has 1 heterocycles. The van der Waals surface area contributed by atoms with Crippen molar-refractivity contribution in [3.63, 3.8) is 0 Å². The summed E-state index contributed by atoms with van der Waals surface area (Å²) in [5, 5.41) is 15.4. The normalized spacial score (nSPS) is 20.8. The number of nitrogens with zero attached hydrogens (tertiary/aromatic N) is 2. The maximum Gasteiger partial charge on any atom is 0.247 e. The fourth-order valence-corrected chi connectivity index (χ4v) is 8.62. The van der Waals surface area contributed by atoms with Crippen LogP contribution in [0.1, 0.15) is 61.1 Å². The van der Waals surface area contributed by atoms with Gasteiger partial charge >= 0.3 is 0 Å². The van der Waals surface area contributed by atoms with Gasteiger partial charge in [0.2, 0.25) is 21.8 Å². The Bertz CT molecular complexity index is 1690. The lowest BCUT2D eigenvalue weighted by atomic mass is 9.75. The summed E-state index contributed by atoms with van der Waals surface area (Å²) in [6.45, 7) is -0.133. The van der Waals surface area contributed by atoms with Gasteiger partial charge in [-0.15, -0.1) is 0 Å². The fraction of sp³-hybridized carbons (Fsp3) is 0.364. The Morgan fingerprint density at radius 1 is 1.05 bits per heavy atom. The van der Waals surface area contributed by atoms with E-state index < -0.39 is 39.1 Å². The SMILES string of the molecule is N#Cc1cccc(CCN2C(C(=O)Nc3cccc(F)c3)(C(C(=O)NC3CCCCC3)c3ccccc3Cl)CCS2(=O)=O)c1. The average molecular weight is 637 g/mol. The van der Waals surface area contributed by atoms with Crippen molar-refractivity contribution in [3.05, 3.63) is 100 Å². The highest BCUT2D eigenvalue weighted by Crippen LogP contribution is 2.46. The van der Waals surface area contributed by atoms with Gasteiger partial charge in [0.15, 0.2) is 0 Å². The molecule has 2 amide bonds. The molecule has 230 valence electrons. The summed E-state index contributed by atoms with van der Waals surface area (Å²) >= 11 is 6.70. The number of hydrogen-bond acceptors (Lipinski definition) is 5. The van der Waals surface area contributed by atoms with Crippen molar-refractivity contribution in [1.29, 1.82) is 5.26 Å². The number of carbonyl (C=O) groups excluding carboxylic acids is 2. The minimum atomic E-state index is -4.05. The molecular formula is C33H34ClFN4O4S. The molecule has 1 saturated carbocycles. The van der Waals surface area contributed by atoms with Crippen LogP contribution in [0.4, 0.5) is 10.1 Å². The maximum absolute atomic E-state index is 14.6. The van der Waals surface area contributed by atoms with Gasteiger partial charge in [-0.2, -0.15) is 9.57 Å². The van der Waals surface area contributed by atoms with Crippen molar-refractivity contribution in [1.82, 2.24) is 9.62 Å². The molecule has 2 atom stereocenters. The molecule has 3 aromatic rings. The third kappa shape index (κ3) is 6.65. The molecule has 2 unspecified atom stereocenters. The lowest BCUT2D eigenvalue weighted by Crippen LogP contribution is -2.62. The number of amides is 2. The van der Waals surface area contributed by atoms with E-state index in [1.165, 1.54) is 18.2 Å². The van der Waals surface area contributed by atoms with Crippen LogP contribution >= 0.6 is 11.6 Å². The second-order valence-electron chi connectivity index (χ2n) is 11.4. The number of nitrogens with one attached hydrogen (secondary N) is 2. The maximum atomic E-state index is 14.6. The predicted molar refractivity (Wildman–Crippen MR) is 167 cm³/mol. The summed E-state index contributed by atoms with van der Waals surface area (Å²) in [6, 6.07) is 20.7. The second-order valence-corrected chi connectivity index (χ2v) is 13.8. The summed E-state index contributed by atoms with van der Waals surface area (Å²) in [5.74, 6) is -3.51. The number of sulfonamides is 1. The molecule has 11 heteroatoms. The van der Waals surface area contributed by atoms with E-state index in [-0.39, 0.29) is 41.9 Å². The standard InChI is InChI=1S/C33H34ClFN4O4S/c34-29-15-5-4-14-28(29)30(31(40)37-26-11-2-1-3-12-26)33(32(41)38-27-13-7-10-25(35)21-27)17-19-44(42,43)39(33)18-16-23-8-6-9-24(20-23)22-36/h4-10,13-15,20-21,26,30H,1-3,11-12,16-19H2,(H,37,40)(H,38,41). The van der Waals surface area contributed by atoms with Crippen LogP contribution in [-0.2, 0) is 26.0 Å². The van der Waals surface area contributed by atoms with Crippen molar-refractivity contribution >= 4 is 39.1 Å². The molecule has 0 radical (unpaired) electrons. The van der Waals surface area contributed by atoms with E-state index in [1.807, 2.05) is 0 Å². The third-order valence-corrected chi connectivity index (χ3v) is 10.8. The van der Waals surface area contributed by atoms with Gasteiger partial charge in [0.1, 0.15) is 11.4 Å². The molecule has 2 fully saturated rings. The van der Waals surface area contributed by atoms with Crippen molar-refractivity contribution in [2.24, 2.45) is 0 Å². The Hall–Kier alpha value is -3.78. The summed E-state index contributed by atoms with van der Waals surface area (Å²) in [5.41, 5.74) is -0.354. The van der Waals surface area contributed by atoms with Crippen molar-refractivity contribution in [3.8, 4) is 6.07 Å². The molecule has 0 aromatic heterocycles. The van der Waals surface area contributed by atoms with Crippen LogP contribution in [0.2, 0.25) is 5.02 Å². The minimum Gasteiger partial charge on any atom is -0.353 e. The predicted octanol–water partition coefficient (Wildman–Crippen LogP) is 5.54. The molecule has 2 N–H and O–H groups in total. The Morgan fingerprint density at radius 3 is 2.52 bits per heavy atom. The summed E-state index contributed by atoms with van der Waals surface area (Å²) in [4.78, 5) is 29.0. The highest BCUT2D eigenvalue weighted by atomic mass is 35.5. The first-order valence-electron chi connectivity index (χ1n) is 14.8. The van der Waals surface area contributed by atoms with E-state index in [0.29, 0.717) is 16.7 Å². The largest absolute Gasteiger partial charge is 0.353 e. The zero-order chi connectivity index (χ0) is 31.3. The van der Waals surface area contributed by atoms with E-state index >= 15 is 0 Å². The highest BCUT2D eigenvalue weighted by Gasteiger charge is 2.62. The van der Waals surface area contributed by atoms with Gasteiger partial charge in [-0.25, -0.2) is 12.8 Å². The Morgan fingerprint density at radius 2 is 1.80 bits per heavy atom. The first-order valence-corrected chi connectivity index (χ1v) is 16.7. The zero-order valence-electron chi connectivity index (χ0n) is 24.1. The number of anilines is 1. The molecular weight excluding hydrogens is 603 g/mol. The van der Waals surface area contributed by atoms with Crippen LogP contribution in [0.25, 0.3) is 0 Å². The second kappa shape index (κ2) is 13.5. The molecule has 0 spiro atoms. The molecule has 1 saturated heterocycles. The first-order chi connectivity index (χ1) is 21.1. The van der Waals surface area contributed by atoms with Gasteiger partial charge in [0.05, 0.1) is 23.3 Å². The highest BCUT2D eigenvalue weighted by molar-refractivity contribution is 7.89. The van der Waals surface area contributed by atoms with E-state index in [4.69, 9.17) is 11.6 Å². The van der Waals surface area contributed by atoms with Crippen molar-refractivity contribution < 1.29 is 22.4 Å². The number of carbonyl (C=O) groups is 2. The molecule has 8 nitrogen and oxygen atoms in total. The smallest absolute Gasteiger partial charge is 0.247 e. The van der Waals surface area contributed by atoms with Gasteiger partial charge in [-0.05, 0) is 73.2 Å². The molecule has 44 heavy (non-hydrogen) atoms. The van der Waals surface area contributed by atoms with Gasteiger partial charge in [-0.1, -0.05) is 67.3 Å². The number of hydrogen-bond donors (Lipinski definition) is 2. The third-order valence-electron chi connectivity index (χ3n) is 8.56. The summed E-state index contributed by atoms with van der Waals surface area (Å²) in [7, 11) is -4.05. The van der Waals surface area contributed by atoms with E-state index in [2.05, 4.69) is 16.7 Å². The molecule has 2 aliphatic rings. The van der Waals surface area contributed by atoms with Crippen LogP contribution in [0.15, 0.2) is 72.8 Å². The molecule has 0 bridgehead atoms. The van der Waals surface area contributed by atoms with Crippen LogP contribution in [0.3, 0.4) is 0 Å². The van der Waals surface area contributed by atoms with Crippen LogP contribution in [0, 0.1) is 17.1 Å². The van der Waals surface area contributed by atoms with Crippen molar-refractivity contribution in [2.45, 2.75) is 62.4 Å². The molecule has 1 aliphatic heterocycles. The number of rotatable bonds is 9. The van der Waals surface area contributed by atoms with Crippen LogP contribution in [-0.4, -0.2) is 48.4 Å². The first kappa shape index (κ1) is 31.6. The molecule has 5 rings (SSSR count).